The largest absolute Gasteiger partial charge is 0.463 e. The lowest BCUT2D eigenvalue weighted by atomic mass is 10.1. The summed E-state index contributed by atoms with van der Waals surface area (Å²) in [5.41, 5.74) is 2.62. The molecule has 1 saturated heterocycles. The highest BCUT2D eigenvalue weighted by molar-refractivity contribution is 6.10. The number of benzene rings is 2. The van der Waals surface area contributed by atoms with Crippen molar-refractivity contribution in [3.63, 3.8) is 0 Å². The van der Waals surface area contributed by atoms with E-state index in [4.69, 9.17) is 14.2 Å². The highest BCUT2D eigenvalue weighted by Gasteiger charge is 2.47. The van der Waals surface area contributed by atoms with Crippen molar-refractivity contribution in [1.82, 2.24) is 14.8 Å². The van der Waals surface area contributed by atoms with E-state index in [9.17, 15) is 9.59 Å². The summed E-state index contributed by atoms with van der Waals surface area (Å²) >= 11 is 0. The summed E-state index contributed by atoms with van der Waals surface area (Å²) in [6.07, 6.45) is 1.04. The van der Waals surface area contributed by atoms with Crippen LogP contribution in [0.25, 0.3) is 16.7 Å². The molecular weight excluding hydrogens is 386 g/mol. The van der Waals surface area contributed by atoms with Crippen LogP contribution in [0.2, 0.25) is 0 Å². The van der Waals surface area contributed by atoms with Crippen LogP contribution >= 0.6 is 0 Å². The predicted octanol–water partition coefficient (Wildman–Crippen LogP) is 2.59. The van der Waals surface area contributed by atoms with Crippen molar-refractivity contribution in [2.45, 2.75) is 6.23 Å². The standard InChI is InChI=1S/C22H17N3O5/c1-24-10-18(26)25-19(21(24)27)20(14-9-23-15-5-3-2-4-13(14)15)30-22(25)12-6-7-16-17(8-12)29-11-28-16/h2-9,22-23H,10-11H2,1H3. The number of carbonyl (C=O) groups excluding carboxylic acids is 2. The van der Waals surface area contributed by atoms with Gasteiger partial charge in [0.1, 0.15) is 6.54 Å². The number of hydrogen-bond acceptors (Lipinski definition) is 5. The number of nitrogens with one attached hydrogen (secondary N) is 1. The fourth-order valence-corrected chi connectivity index (χ4v) is 4.17. The topological polar surface area (TPSA) is 84.1 Å². The zero-order valence-corrected chi connectivity index (χ0v) is 16.0. The van der Waals surface area contributed by atoms with Crippen molar-refractivity contribution in [1.29, 1.82) is 0 Å². The van der Waals surface area contributed by atoms with Crippen LogP contribution in [0.15, 0.2) is 54.4 Å². The molecule has 30 heavy (non-hydrogen) atoms. The van der Waals surface area contributed by atoms with E-state index in [1.807, 2.05) is 30.3 Å². The van der Waals surface area contributed by atoms with Crippen molar-refractivity contribution in [2.24, 2.45) is 0 Å². The maximum absolute atomic E-state index is 13.1. The number of nitrogens with zero attached hydrogens (tertiary/aromatic N) is 2. The zero-order chi connectivity index (χ0) is 20.4. The number of para-hydroxylation sites is 1. The third-order valence-corrected chi connectivity index (χ3v) is 5.63. The molecule has 1 fully saturated rings. The molecule has 0 saturated carbocycles. The van der Waals surface area contributed by atoms with Crippen LogP contribution in [0.1, 0.15) is 17.4 Å². The Morgan fingerprint density at radius 3 is 2.80 bits per heavy atom. The fourth-order valence-electron chi connectivity index (χ4n) is 4.17. The Hall–Kier alpha value is -3.94. The Bertz CT molecular complexity index is 1260. The van der Waals surface area contributed by atoms with Crippen molar-refractivity contribution in [2.75, 3.05) is 20.4 Å². The Labute approximate surface area is 171 Å². The number of aromatic amines is 1. The highest BCUT2D eigenvalue weighted by Crippen LogP contribution is 2.46. The van der Waals surface area contributed by atoms with E-state index >= 15 is 0 Å². The molecule has 0 radical (unpaired) electrons. The lowest BCUT2D eigenvalue weighted by molar-refractivity contribution is -0.148. The van der Waals surface area contributed by atoms with Gasteiger partial charge in [-0.05, 0) is 24.3 Å². The smallest absolute Gasteiger partial charge is 0.274 e. The van der Waals surface area contributed by atoms with Gasteiger partial charge in [-0.15, -0.1) is 0 Å². The molecule has 0 bridgehead atoms. The SMILES string of the molecule is CN1CC(=O)N2C(=C(c3c[nH]c4ccccc34)OC2c2ccc3c(c2)OCO3)C1=O. The molecule has 1 unspecified atom stereocenters. The van der Waals surface area contributed by atoms with E-state index in [1.54, 1.807) is 25.4 Å². The van der Waals surface area contributed by atoms with Gasteiger partial charge in [-0.1, -0.05) is 18.2 Å². The molecule has 1 aromatic heterocycles. The Morgan fingerprint density at radius 1 is 1.07 bits per heavy atom. The van der Waals surface area contributed by atoms with Gasteiger partial charge in [0, 0.05) is 35.3 Å². The van der Waals surface area contributed by atoms with Crippen molar-refractivity contribution >= 4 is 28.5 Å². The van der Waals surface area contributed by atoms with Crippen molar-refractivity contribution in [3.8, 4) is 11.5 Å². The number of ether oxygens (including phenoxy) is 3. The second-order valence-electron chi connectivity index (χ2n) is 7.43. The maximum Gasteiger partial charge on any atom is 0.274 e. The summed E-state index contributed by atoms with van der Waals surface area (Å²) in [6, 6.07) is 13.2. The lowest BCUT2D eigenvalue weighted by Crippen LogP contribution is -2.49. The summed E-state index contributed by atoms with van der Waals surface area (Å²) in [5, 5.41) is 0.916. The Morgan fingerprint density at radius 2 is 1.90 bits per heavy atom. The van der Waals surface area contributed by atoms with E-state index in [1.165, 1.54) is 9.80 Å². The Kier molecular flexibility index (Phi) is 3.41. The van der Waals surface area contributed by atoms with Crippen LogP contribution in [0, 0.1) is 0 Å². The van der Waals surface area contributed by atoms with Gasteiger partial charge < -0.3 is 24.1 Å². The van der Waals surface area contributed by atoms with Gasteiger partial charge in [0.2, 0.25) is 18.9 Å². The zero-order valence-electron chi connectivity index (χ0n) is 16.0. The normalized spacial score (nSPS) is 20.2. The van der Waals surface area contributed by atoms with Crippen LogP contribution in [0.4, 0.5) is 0 Å². The third-order valence-electron chi connectivity index (χ3n) is 5.63. The van der Waals surface area contributed by atoms with Crippen LogP contribution in [-0.2, 0) is 14.3 Å². The second-order valence-corrected chi connectivity index (χ2v) is 7.43. The van der Waals surface area contributed by atoms with Gasteiger partial charge in [0.25, 0.3) is 5.91 Å². The van der Waals surface area contributed by atoms with Gasteiger partial charge in [-0.3, -0.25) is 14.5 Å². The summed E-state index contributed by atoms with van der Waals surface area (Å²) in [5.74, 6) is 1.16. The summed E-state index contributed by atoms with van der Waals surface area (Å²) in [6.45, 7) is 0.147. The van der Waals surface area contributed by atoms with Crippen LogP contribution in [0.3, 0.4) is 0 Å². The number of piperazine rings is 1. The first-order valence-electron chi connectivity index (χ1n) is 9.56. The average molecular weight is 403 g/mol. The molecule has 0 aliphatic carbocycles. The van der Waals surface area contributed by atoms with Gasteiger partial charge in [0.05, 0.1) is 0 Å². The minimum atomic E-state index is -0.761. The molecule has 150 valence electrons. The highest BCUT2D eigenvalue weighted by atomic mass is 16.7. The molecule has 2 aromatic carbocycles. The minimum Gasteiger partial charge on any atom is -0.463 e. The molecule has 3 aliphatic rings. The number of rotatable bonds is 2. The van der Waals surface area contributed by atoms with E-state index in [0.717, 1.165) is 16.5 Å². The number of fused-ring (bicyclic) bond motifs is 3. The number of amides is 2. The van der Waals surface area contributed by atoms with Crippen molar-refractivity contribution in [3.05, 3.63) is 65.5 Å². The monoisotopic (exact) mass is 403 g/mol. The summed E-state index contributed by atoms with van der Waals surface area (Å²) in [7, 11) is 1.62. The van der Waals surface area contributed by atoms with Crippen molar-refractivity contribution < 1.29 is 23.8 Å². The first-order chi connectivity index (χ1) is 14.6. The number of H-pyrrole nitrogens is 1. The molecule has 8 nitrogen and oxygen atoms in total. The van der Waals surface area contributed by atoms with Crippen LogP contribution < -0.4 is 9.47 Å². The van der Waals surface area contributed by atoms with Crippen LogP contribution in [-0.4, -0.2) is 47.0 Å². The quantitative estimate of drug-likeness (QED) is 0.711. The fraction of sp³-hybridized carbons (Fsp3) is 0.182. The summed E-state index contributed by atoms with van der Waals surface area (Å²) < 4.78 is 17.2. The van der Waals surface area contributed by atoms with Gasteiger partial charge in [-0.25, -0.2) is 0 Å². The molecule has 6 rings (SSSR count). The summed E-state index contributed by atoms with van der Waals surface area (Å²) in [4.78, 5) is 32.2. The van der Waals surface area contributed by atoms with E-state index in [0.29, 0.717) is 22.8 Å². The predicted molar refractivity (Wildman–Crippen MR) is 106 cm³/mol. The van der Waals surface area contributed by atoms with E-state index < -0.39 is 6.23 Å². The molecule has 8 heteroatoms. The molecule has 1 N–H and O–H groups in total. The first kappa shape index (κ1) is 17.0. The molecule has 4 heterocycles. The first-order valence-corrected chi connectivity index (χ1v) is 9.56. The van der Waals surface area contributed by atoms with Gasteiger partial charge in [-0.2, -0.15) is 0 Å². The molecule has 0 spiro atoms. The maximum atomic E-state index is 13.1. The second kappa shape index (κ2) is 6.03. The van der Waals surface area contributed by atoms with Gasteiger partial charge in [0.15, 0.2) is 23.0 Å². The molecule has 2 amide bonds. The number of aromatic nitrogens is 1. The number of hydrogen-bond donors (Lipinski definition) is 1. The molecule has 1 atom stereocenters. The van der Waals surface area contributed by atoms with Gasteiger partial charge >= 0.3 is 0 Å². The average Bonchev–Trinajstić information content (AvgIpc) is 3.47. The third kappa shape index (κ3) is 2.27. The molecular formula is C22H17N3O5. The minimum absolute atomic E-state index is 0.00604. The van der Waals surface area contributed by atoms with E-state index in [2.05, 4.69) is 4.98 Å². The number of carbonyl (C=O) groups is 2. The van der Waals surface area contributed by atoms with Crippen LogP contribution in [0.5, 0.6) is 11.5 Å². The van der Waals surface area contributed by atoms with E-state index in [-0.39, 0.29) is 30.8 Å². The Balaban J connectivity index is 1.52. The molecule has 3 aliphatic heterocycles. The molecule has 3 aromatic rings. The lowest BCUT2D eigenvalue weighted by Gasteiger charge is -2.32. The number of likely N-dealkylation sites (N-methyl/N-ethyl adjacent to an activating group) is 1.